The SMILES string of the molecule is CN(C)CC1CCCN1CCC1COCCN1. The van der Waals surface area contributed by atoms with Crippen molar-refractivity contribution in [1.29, 1.82) is 0 Å². The lowest BCUT2D eigenvalue weighted by molar-refractivity contribution is 0.0686. The smallest absolute Gasteiger partial charge is 0.0620 e. The van der Waals surface area contributed by atoms with Crippen LogP contribution in [0.25, 0.3) is 0 Å². The Bertz CT molecular complexity index is 217. The van der Waals surface area contributed by atoms with Crippen LogP contribution in [0.3, 0.4) is 0 Å². The Balaban J connectivity index is 1.69. The van der Waals surface area contributed by atoms with E-state index in [2.05, 4.69) is 29.2 Å². The predicted molar refractivity (Wildman–Crippen MR) is 70.4 cm³/mol. The Morgan fingerprint density at radius 1 is 1.41 bits per heavy atom. The number of likely N-dealkylation sites (tertiary alicyclic amines) is 1. The molecule has 0 bridgehead atoms. The standard InChI is InChI=1S/C13H27N3O/c1-15(2)10-13-4-3-7-16(13)8-5-12-11-17-9-6-14-12/h12-14H,3-11H2,1-2H3. The number of hydrogen-bond donors (Lipinski definition) is 1. The van der Waals surface area contributed by atoms with E-state index >= 15 is 0 Å². The highest BCUT2D eigenvalue weighted by molar-refractivity contribution is 4.82. The van der Waals surface area contributed by atoms with Crippen LogP contribution in [0, 0.1) is 0 Å². The Labute approximate surface area is 105 Å². The highest BCUT2D eigenvalue weighted by Gasteiger charge is 2.25. The van der Waals surface area contributed by atoms with Crippen LogP contribution >= 0.6 is 0 Å². The zero-order valence-electron chi connectivity index (χ0n) is 11.3. The van der Waals surface area contributed by atoms with Gasteiger partial charge in [-0.2, -0.15) is 0 Å². The summed E-state index contributed by atoms with van der Waals surface area (Å²) in [5.74, 6) is 0. The van der Waals surface area contributed by atoms with Crippen molar-refractivity contribution in [3.05, 3.63) is 0 Å². The van der Waals surface area contributed by atoms with Crippen molar-refractivity contribution in [2.24, 2.45) is 0 Å². The van der Waals surface area contributed by atoms with Gasteiger partial charge in [0.25, 0.3) is 0 Å². The molecule has 2 fully saturated rings. The highest BCUT2D eigenvalue weighted by Crippen LogP contribution is 2.18. The predicted octanol–water partition coefficient (Wildman–Crippen LogP) is 0.391. The summed E-state index contributed by atoms with van der Waals surface area (Å²) in [7, 11) is 4.35. The molecule has 0 aromatic rings. The van der Waals surface area contributed by atoms with Crippen LogP contribution in [0.4, 0.5) is 0 Å². The van der Waals surface area contributed by atoms with Crippen LogP contribution in [0.15, 0.2) is 0 Å². The summed E-state index contributed by atoms with van der Waals surface area (Å²) < 4.78 is 5.50. The number of nitrogens with zero attached hydrogens (tertiary/aromatic N) is 2. The number of morpholine rings is 1. The van der Waals surface area contributed by atoms with Crippen molar-refractivity contribution in [3.8, 4) is 0 Å². The topological polar surface area (TPSA) is 27.7 Å². The van der Waals surface area contributed by atoms with Crippen LogP contribution < -0.4 is 5.32 Å². The third-order valence-corrected chi connectivity index (χ3v) is 3.84. The average molecular weight is 241 g/mol. The van der Waals surface area contributed by atoms with Crippen molar-refractivity contribution in [3.63, 3.8) is 0 Å². The molecule has 0 aliphatic carbocycles. The van der Waals surface area contributed by atoms with E-state index < -0.39 is 0 Å². The summed E-state index contributed by atoms with van der Waals surface area (Å²) in [4.78, 5) is 4.97. The summed E-state index contributed by atoms with van der Waals surface area (Å²) in [6, 6.07) is 1.35. The van der Waals surface area contributed by atoms with Gasteiger partial charge < -0.3 is 15.0 Å². The maximum absolute atomic E-state index is 5.50. The van der Waals surface area contributed by atoms with Gasteiger partial charge in [0.15, 0.2) is 0 Å². The van der Waals surface area contributed by atoms with E-state index in [-0.39, 0.29) is 0 Å². The Morgan fingerprint density at radius 2 is 2.29 bits per heavy atom. The van der Waals surface area contributed by atoms with Crippen LogP contribution in [0.2, 0.25) is 0 Å². The number of likely N-dealkylation sites (N-methyl/N-ethyl adjacent to an activating group) is 1. The second-order valence-corrected chi connectivity index (χ2v) is 5.61. The second-order valence-electron chi connectivity index (χ2n) is 5.61. The minimum absolute atomic E-state index is 0.573. The quantitative estimate of drug-likeness (QED) is 0.754. The van der Waals surface area contributed by atoms with E-state index in [1.807, 2.05) is 0 Å². The van der Waals surface area contributed by atoms with Crippen LogP contribution in [0.5, 0.6) is 0 Å². The first-order valence-corrected chi connectivity index (χ1v) is 6.95. The van der Waals surface area contributed by atoms with E-state index in [4.69, 9.17) is 4.74 Å². The van der Waals surface area contributed by atoms with Crippen molar-refractivity contribution in [2.45, 2.75) is 31.3 Å². The van der Waals surface area contributed by atoms with Gasteiger partial charge in [-0.1, -0.05) is 0 Å². The van der Waals surface area contributed by atoms with E-state index in [1.54, 1.807) is 0 Å². The molecule has 17 heavy (non-hydrogen) atoms. The first-order chi connectivity index (χ1) is 8.25. The lowest BCUT2D eigenvalue weighted by Gasteiger charge is -2.30. The molecule has 2 saturated heterocycles. The van der Waals surface area contributed by atoms with Gasteiger partial charge >= 0.3 is 0 Å². The van der Waals surface area contributed by atoms with Gasteiger partial charge in [-0.05, 0) is 39.9 Å². The maximum Gasteiger partial charge on any atom is 0.0620 e. The first-order valence-electron chi connectivity index (χ1n) is 6.95. The van der Waals surface area contributed by atoms with Crippen molar-refractivity contribution >= 4 is 0 Å². The fourth-order valence-electron chi connectivity index (χ4n) is 2.94. The molecular formula is C13H27N3O. The Hall–Kier alpha value is -0.160. The molecule has 0 aromatic carbocycles. The largest absolute Gasteiger partial charge is 0.379 e. The molecule has 0 radical (unpaired) electrons. The van der Waals surface area contributed by atoms with Gasteiger partial charge in [-0.25, -0.2) is 0 Å². The highest BCUT2D eigenvalue weighted by atomic mass is 16.5. The average Bonchev–Trinajstić information content (AvgIpc) is 2.74. The fraction of sp³-hybridized carbons (Fsp3) is 1.00. The second kappa shape index (κ2) is 6.69. The summed E-state index contributed by atoms with van der Waals surface area (Å²) in [6.07, 6.45) is 3.96. The minimum Gasteiger partial charge on any atom is -0.379 e. The van der Waals surface area contributed by atoms with E-state index in [0.29, 0.717) is 6.04 Å². The maximum atomic E-state index is 5.50. The number of hydrogen-bond acceptors (Lipinski definition) is 4. The summed E-state index contributed by atoms with van der Waals surface area (Å²) >= 11 is 0. The molecule has 4 heteroatoms. The first kappa shape index (κ1) is 13.3. The minimum atomic E-state index is 0.573. The summed E-state index contributed by atoms with van der Waals surface area (Å²) in [5.41, 5.74) is 0. The molecule has 2 aliphatic rings. The number of ether oxygens (including phenoxy) is 1. The van der Waals surface area contributed by atoms with Gasteiger partial charge in [0.2, 0.25) is 0 Å². The molecule has 2 heterocycles. The molecule has 1 N–H and O–H groups in total. The Kier molecular flexibility index (Phi) is 5.22. The van der Waals surface area contributed by atoms with Crippen LogP contribution in [-0.2, 0) is 4.74 Å². The van der Waals surface area contributed by atoms with Crippen LogP contribution in [0.1, 0.15) is 19.3 Å². The lowest BCUT2D eigenvalue weighted by Crippen LogP contribution is -2.45. The zero-order chi connectivity index (χ0) is 12.1. The number of rotatable bonds is 5. The molecule has 100 valence electrons. The molecule has 0 aromatic heterocycles. The molecule has 2 rings (SSSR count). The number of nitrogens with one attached hydrogen (secondary N) is 1. The van der Waals surface area contributed by atoms with Gasteiger partial charge in [0.05, 0.1) is 13.2 Å². The van der Waals surface area contributed by atoms with E-state index in [9.17, 15) is 0 Å². The fourth-order valence-corrected chi connectivity index (χ4v) is 2.94. The van der Waals surface area contributed by atoms with Crippen LogP contribution in [-0.4, -0.2) is 75.4 Å². The zero-order valence-corrected chi connectivity index (χ0v) is 11.3. The third kappa shape index (κ3) is 4.21. The molecule has 4 nitrogen and oxygen atoms in total. The van der Waals surface area contributed by atoms with Crippen molar-refractivity contribution in [1.82, 2.24) is 15.1 Å². The molecule has 2 unspecified atom stereocenters. The Morgan fingerprint density at radius 3 is 3.00 bits per heavy atom. The molecule has 2 atom stereocenters. The normalized spacial score (nSPS) is 31.2. The molecule has 0 spiro atoms. The van der Waals surface area contributed by atoms with Crippen molar-refractivity contribution in [2.75, 3.05) is 53.5 Å². The van der Waals surface area contributed by atoms with Gasteiger partial charge in [-0.15, -0.1) is 0 Å². The lowest BCUT2D eigenvalue weighted by atomic mass is 10.1. The molecule has 2 aliphatic heterocycles. The van der Waals surface area contributed by atoms with Gasteiger partial charge in [0, 0.05) is 31.7 Å². The summed E-state index contributed by atoms with van der Waals surface area (Å²) in [6.45, 7) is 6.50. The molecule has 0 saturated carbocycles. The van der Waals surface area contributed by atoms with E-state index in [1.165, 1.54) is 38.9 Å². The van der Waals surface area contributed by atoms with Gasteiger partial charge in [0.1, 0.15) is 0 Å². The third-order valence-electron chi connectivity index (χ3n) is 3.84. The van der Waals surface area contributed by atoms with Crippen molar-refractivity contribution < 1.29 is 4.74 Å². The monoisotopic (exact) mass is 241 g/mol. The summed E-state index contributed by atoms with van der Waals surface area (Å²) in [5, 5.41) is 3.54. The molecule has 0 amide bonds. The van der Waals surface area contributed by atoms with E-state index in [0.717, 1.165) is 25.8 Å². The molecular weight excluding hydrogens is 214 g/mol. The van der Waals surface area contributed by atoms with Gasteiger partial charge in [-0.3, -0.25) is 4.90 Å².